The Morgan fingerprint density at radius 3 is 2.47 bits per heavy atom. The van der Waals surface area contributed by atoms with Crippen LogP contribution in [0, 0.1) is 10.1 Å². The van der Waals surface area contributed by atoms with Gasteiger partial charge in [-0.05, 0) is 55.5 Å². The maximum Gasteiger partial charge on any atom is 0.272 e. The number of nitro groups is 1. The number of furan rings is 1. The SMILES string of the molecule is CC(Sc1ccc(NC(=O)/C(=C/c2ccco2)NC(=O)c2ccccc2)cc1)C(=O)Nc1nc(-c2cccc([N+](=O)[O-])c2)cs1. The zero-order chi connectivity index (χ0) is 31.8. The van der Waals surface area contributed by atoms with Gasteiger partial charge in [-0.2, -0.15) is 0 Å². The highest BCUT2D eigenvalue weighted by molar-refractivity contribution is 8.00. The molecule has 11 nitrogen and oxygen atoms in total. The monoisotopic (exact) mass is 639 g/mol. The van der Waals surface area contributed by atoms with Crippen molar-refractivity contribution in [3.8, 4) is 11.3 Å². The molecule has 2 aromatic heterocycles. The number of nitro benzene ring substituents is 1. The normalized spacial score (nSPS) is 11.8. The number of hydrogen-bond donors (Lipinski definition) is 3. The highest BCUT2D eigenvalue weighted by Gasteiger charge is 2.19. The number of carbonyl (C=O) groups excluding carboxylic acids is 3. The molecule has 5 aromatic rings. The molecule has 13 heteroatoms. The van der Waals surface area contributed by atoms with Gasteiger partial charge in [0.05, 0.1) is 22.1 Å². The lowest BCUT2D eigenvalue weighted by Crippen LogP contribution is -2.30. The van der Waals surface area contributed by atoms with Gasteiger partial charge in [0.15, 0.2) is 5.13 Å². The Balaban J connectivity index is 1.18. The topological polar surface area (TPSA) is 156 Å². The highest BCUT2D eigenvalue weighted by atomic mass is 32.2. The molecule has 45 heavy (non-hydrogen) atoms. The van der Waals surface area contributed by atoms with Crippen LogP contribution in [0.25, 0.3) is 17.3 Å². The minimum atomic E-state index is -0.545. The summed E-state index contributed by atoms with van der Waals surface area (Å²) in [6.45, 7) is 1.76. The van der Waals surface area contributed by atoms with E-state index in [9.17, 15) is 24.5 Å². The van der Waals surface area contributed by atoms with E-state index in [1.54, 1.807) is 91.2 Å². The maximum absolute atomic E-state index is 13.1. The summed E-state index contributed by atoms with van der Waals surface area (Å²) in [5.41, 5.74) is 1.95. The number of thioether (sulfide) groups is 1. The standard InChI is InChI=1S/C32H25N5O6S2/c1-20(29(38)36-32-35-28(19-44-32)22-9-5-10-24(17-22)37(41)42)45-26-14-12-23(13-15-26)33-31(40)27(18-25-11-6-16-43-25)34-30(39)21-7-3-2-4-8-21/h2-20H,1H3,(H,33,40)(H,34,39)(H,35,36,38)/b27-18-. The van der Waals surface area contributed by atoms with E-state index in [2.05, 4.69) is 20.9 Å². The Morgan fingerprint density at radius 1 is 0.978 bits per heavy atom. The van der Waals surface area contributed by atoms with Crippen LogP contribution in [0.4, 0.5) is 16.5 Å². The van der Waals surface area contributed by atoms with Gasteiger partial charge in [0, 0.05) is 45.3 Å². The molecule has 5 rings (SSSR count). The van der Waals surface area contributed by atoms with Gasteiger partial charge in [0.25, 0.3) is 17.5 Å². The third-order valence-electron chi connectivity index (χ3n) is 6.24. The summed E-state index contributed by atoms with van der Waals surface area (Å²) in [6.07, 6.45) is 2.91. The third kappa shape index (κ3) is 8.31. The van der Waals surface area contributed by atoms with Crippen molar-refractivity contribution in [3.63, 3.8) is 0 Å². The molecule has 1 atom stereocenters. The first kappa shape index (κ1) is 30.9. The predicted molar refractivity (Wildman–Crippen MR) is 174 cm³/mol. The molecule has 0 aliphatic rings. The molecule has 1 unspecified atom stereocenters. The molecule has 2 heterocycles. The minimum absolute atomic E-state index is 0.00150. The second-order valence-corrected chi connectivity index (χ2v) is 11.7. The Labute approximate surface area is 265 Å². The van der Waals surface area contributed by atoms with Gasteiger partial charge in [0.1, 0.15) is 11.5 Å². The summed E-state index contributed by atoms with van der Waals surface area (Å²) in [4.78, 5) is 54.5. The van der Waals surface area contributed by atoms with Crippen molar-refractivity contribution >= 4 is 63.4 Å². The smallest absolute Gasteiger partial charge is 0.272 e. The fourth-order valence-electron chi connectivity index (χ4n) is 3.98. The Morgan fingerprint density at radius 2 is 1.76 bits per heavy atom. The molecule has 0 aliphatic heterocycles. The molecule has 3 aromatic carbocycles. The van der Waals surface area contributed by atoms with Crippen molar-refractivity contribution in [1.29, 1.82) is 0 Å². The molecule has 3 amide bonds. The Hall–Kier alpha value is -5.53. The first-order valence-electron chi connectivity index (χ1n) is 13.5. The fourth-order valence-corrected chi connectivity index (χ4v) is 5.57. The number of hydrogen-bond acceptors (Lipinski definition) is 9. The first-order valence-corrected chi connectivity index (χ1v) is 15.2. The molecule has 226 valence electrons. The summed E-state index contributed by atoms with van der Waals surface area (Å²) < 4.78 is 5.33. The molecular weight excluding hydrogens is 615 g/mol. The van der Waals surface area contributed by atoms with E-state index in [4.69, 9.17) is 4.42 Å². The van der Waals surface area contributed by atoms with Crippen molar-refractivity contribution in [2.45, 2.75) is 17.1 Å². The number of nitrogens with one attached hydrogen (secondary N) is 3. The van der Waals surface area contributed by atoms with E-state index in [1.807, 2.05) is 0 Å². The summed E-state index contributed by atoms with van der Waals surface area (Å²) in [6, 6.07) is 24.9. The van der Waals surface area contributed by atoms with Crippen molar-refractivity contribution in [3.05, 3.63) is 130 Å². The number of aromatic nitrogens is 1. The molecule has 0 bridgehead atoms. The lowest BCUT2D eigenvalue weighted by Gasteiger charge is -2.13. The van der Waals surface area contributed by atoms with Crippen LogP contribution in [-0.2, 0) is 9.59 Å². The van der Waals surface area contributed by atoms with Crippen LogP contribution in [0.2, 0.25) is 0 Å². The van der Waals surface area contributed by atoms with Gasteiger partial charge in [-0.25, -0.2) is 4.98 Å². The largest absolute Gasteiger partial charge is 0.465 e. The summed E-state index contributed by atoms with van der Waals surface area (Å²) >= 11 is 2.54. The number of benzene rings is 3. The Kier molecular flexibility index (Phi) is 9.82. The van der Waals surface area contributed by atoms with Crippen LogP contribution < -0.4 is 16.0 Å². The van der Waals surface area contributed by atoms with Crippen molar-refractivity contribution in [2.24, 2.45) is 0 Å². The van der Waals surface area contributed by atoms with Crippen LogP contribution in [0.3, 0.4) is 0 Å². The number of nitrogens with zero attached hydrogens (tertiary/aromatic N) is 2. The third-order valence-corrected chi connectivity index (χ3v) is 8.11. The lowest BCUT2D eigenvalue weighted by atomic mass is 10.1. The van der Waals surface area contributed by atoms with Crippen LogP contribution in [0.5, 0.6) is 0 Å². The molecule has 0 fully saturated rings. The van der Waals surface area contributed by atoms with Crippen molar-refractivity contribution < 1.29 is 23.7 Å². The van der Waals surface area contributed by atoms with E-state index in [1.165, 1.54) is 47.6 Å². The van der Waals surface area contributed by atoms with E-state index in [0.29, 0.717) is 33.4 Å². The number of carbonyl (C=O) groups is 3. The van der Waals surface area contributed by atoms with Crippen LogP contribution in [0.1, 0.15) is 23.0 Å². The number of rotatable bonds is 11. The molecular formula is C32H25N5O6S2. The van der Waals surface area contributed by atoms with Gasteiger partial charge in [-0.1, -0.05) is 30.3 Å². The first-order chi connectivity index (χ1) is 21.7. The number of non-ortho nitro benzene ring substituents is 1. The second kappa shape index (κ2) is 14.3. The van der Waals surface area contributed by atoms with Gasteiger partial charge < -0.3 is 20.4 Å². The van der Waals surface area contributed by atoms with Gasteiger partial charge in [-0.3, -0.25) is 24.5 Å². The van der Waals surface area contributed by atoms with Gasteiger partial charge in [0.2, 0.25) is 5.91 Å². The van der Waals surface area contributed by atoms with E-state index < -0.39 is 22.0 Å². The average Bonchev–Trinajstić information content (AvgIpc) is 3.74. The molecule has 0 saturated carbocycles. The van der Waals surface area contributed by atoms with E-state index in [0.717, 1.165) is 4.90 Å². The van der Waals surface area contributed by atoms with Crippen molar-refractivity contribution in [1.82, 2.24) is 10.3 Å². The van der Waals surface area contributed by atoms with Crippen LogP contribution in [0.15, 0.2) is 118 Å². The zero-order valence-corrected chi connectivity index (χ0v) is 25.3. The average molecular weight is 640 g/mol. The van der Waals surface area contributed by atoms with Gasteiger partial charge >= 0.3 is 0 Å². The lowest BCUT2D eigenvalue weighted by molar-refractivity contribution is -0.384. The fraction of sp³-hybridized carbons (Fsp3) is 0.0625. The molecule has 3 N–H and O–H groups in total. The summed E-state index contributed by atoms with van der Waals surface area (Å²) in [5, 5.41) is 20.9. The number of amides is 3. The van der Waals surface area contributed by atoms with Crippen molar-refractivity contribution in [2.75, 3.05) is 10.6 Å². The van der Waals surface area contributed by atoms with Gasteiger partial charge in [-0.15, -0.1) is 23.1 Å². The minimum Gasteiger partial charge on any atom is -0.465 e. The van der Waals surface area contributed by atoms with Crippen LogP contribution in [-0.4, -0.2) is 32.9 Å². The van der Waals surface area contributed by atoms with E-state index in [-0.39, 0.29) is 17.3 Å². The van der Waals surface area contributed by atoms with Crippen LogP contribution >= 0.6 is 23.1 Å². The molecule has 0 saturated heterocycles. The number of thiazole rings is 1. The summed E-state index contributed by atoms with van der Waals surface area (Å²) in [5.74, 6) is -0.859. The Bertz CT molecular complexity index is 1850. The maximum atomic E-state index is 13.1. The van der Waals surface area contributed by atoms with E-state index >= 15 is 0 Å². The number of anilines is 2. The molecule has 0 radical (unpaired) electrons. The quantitative estimate of drug-likeness (QED) is 0.0614. The highest BCUT2D eigenvalue weighted by Crippen LogP contribution is 2.29. The molecule has 0 spiro atoms. The zero-order valence-electron chi connectivity index (χ0n) is 23.6. The summed E-state index contributed by atoms with van der Waals surface area (Å²) in [7, 11) is 0. The second-order valence-electron chi connectivity index (χ2n) is 9.47. The molecule has 0 aliphatic carbocycles. The predicted octanol–water partition coefficient (Wildman–Crippen LogP) is 6.84.